The molecule has 0 rings (SSSR count). The Balaban J connectivity index is 3.60. The molecule has 0 saturated carbocycles. The summed E-state index contributed by atoms with van der Waals surface area (Å²) in [7, 11) is 0. The summed E-state index contributed by atoms with van der Waals surface area (Å²) in [6.45, 7) is 4.21. The second-order valence-electron chi connectivity index (χ2n) is 23.2. The van der Waals surface area contributed by atoms with Crippen molar-refractivity contribution in [2.45, 2.75) is 334 Å². The highest BCUT2D eigenvalue weighted by atomic mass is 16.3. The van der Waals surface area contributed by atoms with Crippen LogP contribution in [0.15, 0.2) is 146 Å². The van der Waals surface area contributed by atoms with Crippen LogP contribution < -0.4 is 5.32 Å². The summed E-state index contributed by atoms with van der Waals surface area (Å²) in [5.74, 6) is -0.0774. The number of nitrogens with one attached hydrogen (secondary N) is 1. The molecule has 0 aliphatic carbocycles. The van der Waals surface area contributed by atoms with E-state index in [0.717, 1.165) is 109 Å². The zero-order chi connectivity index (χ0) is 59.1. The van der Waals surface area contributed by atoms with Crippen molar-refractivity contribution in [3.05, 3.63) is 146 Å². The Kier molecular flexibility index (Phi) is 68.3. The zero-order valence-corrected chi connectivity index (χ0v) is 54.0. The Morgan fingerprint density at radius 1 is 0.305 bits per heavy atom. The Labute approximate surface area is 510 Å². The van der Waals surface area contributed by atoms with Gasteiger partial charge >= 0.3 is 0 Å². The number of aliphatic hydroxyl groups is 2. The van der Waals surface area contributed by atoms with Gasteiger partial charge in [-0.05, 0) is 103 Å². The molecule has 2 atom stereocenters. The standard InChI is InChI=1S/C78H133NO3/c1-3-5-7-9-11-13-15-17-19-21-23-25-27-29-31-33-34-35-36-37-38-39-40-41-42-43-44-46-48-50-52-54-56-58-60-62-64-66-68-70-72-74-78(82)79-76(75-80)77(81)73-71-69-67-65-63-61-59-57-55-53-51-49-47-45-32-30-28-26-24-22-20-18-16-14-12-10-8-6-4-2/h5,7,11,13,17,19,23,25,29,31,34-35,37-38,40-41,43-44,48,50,54,56,71,73,76-77,80-81H,3-4,6,8-10,12,14-16,18,20-22,24,26-28,30,32-33,36,39,42,45-47,49,51-53,55,57-70,72,74-75H2,1-2H3,(H,79,82)/b7-5-,13-11-,19-17-,25-23-,31-29-,35-34-,38-37-,41-40-,44-43-,50-48-,56-54-,73-71+. The van der Waals surface area contributed by atoms with Crippen LogP contribution in [0.3, 0.4) is 0 Å². The monoisotopic (exact) mass is 1130 g/mol. The highest BCUT2D eigenvalue weighted by Crippen LogP contribution is 2.17. The summed E-state index contributed by atoms with van der Waals surface area (Å²) in [5, 5.41) is 23.3. The van der Waals surface area contributed by atoms with Gasteiger partial charge in [-0.1, -0.05) is 359 Å². The van der Waals surface area contributed by atoms with Crippen molar-refractivity contribution in [1.82, 2.24) is 5.32 Å². The fourth-order valence-electron chi connectivity index (χ4n) is 10.1. The molecular formula is C78H133NO3. The molecule has 0 aromatic rings. The highest BCUT2D eigenvalue weighted by Gasteiger charge is 2.18. The van der Waals surface area contributed by atoms with Crippen molar-refractivity contribution < 1.29 is 15.0 Å². The lowest BCUT2D eigenvalue weighted by Crippen LogP contribution is -2.45. The van der Waals surface area contributed by atoms with Gasteiger partial charge in [0.15, 0.2) is 0 Å². The topological polar surface area (TPSA) is 69.6 Å². The first-order valence-corrected chi connectivity index (χ1v) is 35.0. The Morgan fingerprint density at radius 3 is 0.805 bits per heavy atom. The third-order valence-corrected chi connectivity index (χ3v) is 15.3. The Bertz CT molecular complexity index is 1670. The number of aliphatic hydroxyl groups excluding tert-OH is 2. The molecule has 82 heavy (non-hydrogen) atoms. The summed E-state index contributed by atoms with van der Waals surface area (Å²) in [6, 6.07) is -0.641. The van der Waals surface area contributed by atoms with Crippen molar-refractivity contribution in [2.24, 2.45) is 0 Å². The summed E-state index contributed by atoms with van der Waals surface area (Å²) in [6.07, 6.45) is 112. The van der Waals surface area contributed by atoms with Crippen molar-refractivity contribution in [3.8, 4) is 0 Å². The lowest BCUT2D eigenvalue weighted by atomic mass is 10.0. The summed E-state index contributed by atoms with van der Waals surface area (Å²) in [5.41, 5.74) is 0. The van der Waals surface area contributed by atoms with Crippen molar-refractivity contribution >= 4 is 5.91 Å². The molecule has 0 radical (unpaired) electrons. The number of hydrogen-bond acceptors (Lipinski definition) is 3. The van der Waals surface area contributed by atoms with Crippen LogP contribution in [0.1, 0.15) is 322 Å². The number of rotatable bonds is 63. The summed E-state index contributed by atoms with van der Waals surface area (Å²) >= 11 is 0. The molecule has 0 aliphatic rings. The first kappa shape index (κ1) is 78.3. The van der Waals surface area contributed by atoms with Gasteiger partial charge in [0, 0.05) is 6.42 Å². The number of hydrogen-bond donors (Lipinski definition) is 3. The zero-order valence-electron chi connectivity index (χ0n) is 54.0. The molecule has 0 bridgehead atoms. The number of amides is 1. The van der Waals surface area contributed by atoms with Gasteiger partial charge in [0.2, 0.25) is 5.91 Å². The molecule has 1 amide bonds. The van der Waals surface area contributed by atoms with Crippen LogP contribution in [-0.2, 0) is 4.79 Å². The maximum Gasteiger partial charge on any atom is 0.220 e. The molecule has 0 aromatic carbocycles. The minimum Gasteiger partial charge on any atom is -0.394 e. The van der Waals surface area contributed by atoms with E-state index >= 15 is 0 Å². The lowest BCUT2D eigenvalue weighted by molar-refractivity contribution is -0.123. The number of allylic oxidation sites excluding steroid dienone is 23. The summed E-state index contributed by atoms with van der Waals surface area (Å²) < 4.78 is 0. The molecule has 0 aromatic heterocycles. The van der Waals surface area contributed by atoms with Crippen LogP contribution >= 0.6 is 0 Å². The quantitative estimate of drug-likeness (QED) is 0.0420. The van der Waals surface area contributed by atoms with Crippen molar-refractivity contribution in [1.29, 1.82) is 0 Å². The third-order valence-electron chi connectivity index (χ3n) is 15.3. The van der Waals surface area contributed by atoms with Crippen molar-refractivity contribution in [2.75, 3.05) is 6.61 Å². The first-order chi connectivity index (χ1) is 40.7. The van der Waals surface area contributed by atoms with E-state index < -0.39 is 12.1 Å². The fourth-order valence-corrected chi connectivity index (χ4v) is 10.1. The van der Waals surface area contributed by atoms with Gasteiger partial charge in [-0.25, -0.2) is 0 Å². The summed E-state index contributed by atoms with van der Waals surface area (Å²) in [4.78, 5) is 12.5. The number of carbonyl (C=O) groups is 1. The second-order valence-corrected chi connectivity index (χ2v) is 23.2. The second kappa shape index (κ2) is 71.5. The predicted molar refractivity (Wildman–Crippen MR) is 368 cm³/mol. The fraction of sp³-hybridized carbons (Fsp3) is 0.679. The molecular weight excluding hydrogens is 999 g/mol. The van der Waals surface area contributed by atoms with E-state index in [4.69, 9.17) is 0 Å². The van der Waals surface area contributed by atoms with E-state index in [9.17, 15) is 15.0 Å². The molecule has 0 saturated heterocycles. The largest absolute Gasteiger partial charge is 0.394 e. The van der Waals surface area contributed by atoms with Crippen LogP contribution in [0, 0.1) is 0 Å². The van der Waals surface area contributed by atoms with E-state index in [1.165, 1.54) is 193 Å². The van der Waals surface area contributed by atoms with Gasteiger partial charge in [-0.2, -0.15) is 0 Å². The van der Waals surface area contributed by atoms with Crippen LogP contribution in [0.2, 0.25) is 0 Å². The molecule has 2 unspecified atom stereocenters. The van der Waals surface area contributed by atoms with Crippen LogP contribution in [0.5, 0.6) is 0 Å². The molecule has 0 aliphatic heterocycles. The maximum absolute atomic E-state index is 12.5. The molecule has 0 spiro atoms. The maximum atomic E-state index is 12.5. The Morgan fingerprint density at radius 2 is 0.537 bits per heavy atom. The Hall–Kier alpha value is -3.73. The molecule has 4 heteroatoms. The normalized spacial score (nSPS) is 13.7. The van der Waals surface area contributed by atoms with E-state index in [-0.39, 0.29) is 12.5 Å². The number of unbranched alkanes of at least 4 members (excludes halogenated alkanes) is 34. The van der Waals surface area contributed by atoms with Gasteiger partial charge in [-0.3, -0.25) is 4.79 Å². The molecule has 0 heterocycles. The third kappa shape index (κ3) is 67.1. The molecule has 4 nitrogen and oxygen atoms in total. The minimum atomic E-state index is -0.856. The van der Waals surface area contributed by atoms with Crippen LogP contribution in [0.4, 0.5) is 0 Å². The first-order valence-electron chi connectivity index (χ1n) is 35.0. The van der Waals surface area contributed by atoms with Crippen molar-refractivity contribution in [3.63, 3.8) is 0 Å². The average Bonchev–Trinajstić information content (AvgIpc) is 3.50. The predicted octanol–water partition coefficient (Wildman–Crippen LogP) is 24.3. The number of carbonyl (C=O) groups excluding carboxylic acids is 1. The van der Waals surface area contributed by atoms with Gasteiger partial charge in [-0.15, -0.1) is 0 Å². The van der Waals surface area contributed by atoms with E-state index in [0.29, 0.717) is 6.42 Å². The average molecular weight is 1130 g/mol. The van der Waals surface area contributed by atoms with Gasteiger partial charge < -0.3 is 15.5 Å². The molecule has 3 N–H and O–H groups in total. The van der Waals surface area contributed by atoms with Crippen LogP contribution in [0.25, 0.3) is 0 Å². The van der Waals surface area contributed by atoms with E-state index in [1.807, 2.05) is 6.08 Å². The highest BCUT2D eigenvalue weighted by molar-refractivity contribution is 5.76. The van der Waals surface area contributed by atoms with E-state index in [1.54, 1.807) is 6.08 Å². The molecule has 468 valence electrons. The van der Waals surface area contributed by atoms with Gasteiger partial charge in [0.05, 0.1) is 18.8 Å². The SMILES string of the molecule is CC/C=C\C/C=C\C/C=C\C/C=C\C/C=C\C/C=C\C/C=C\C/C=C\C/C=C\C/C=C\C/C=C\CCCCCCCCCC(=O)NC(CO)C(O)/C=C/CCCCCCCCCCCCCCCCCCCCCCCCCCCCC. The molecule has 0 fully saturated rings. The smallest absolute Gasteiger partial charge is 0.220 e. The lowest BCUT2D eigenvalue weighted by Gasteiger charge is -2.20. The van der Waals surface area contributed by atoms with E-state index in [2.05, 4.69) is 153 Å². The van der Waals surface area contributed by atoms with Crippen LogP contribution in [-0.4, -0.2) is 34.9 Å². The van der Waals surface area contributed by atoms with Gasteiger partial charge in [0.25, 0.3) is 0 Å². The minimum absolute atomic E-state index is 0.0774. The van der Waals surface area contributed by atoms with Gasteiger partial charge in [0.1, 0.15) is 0 Å².